The number of carbonyl (C=O) groups is 1. The number of benzene rings is 2. The van der Waals surface area contributed by atoms with Crippen LogP contribution in [-0.4, -0.2) is 19.1 Å². The van der Waals surface area contributed by atoms with E-state index < -0.39 is 23.2 Å². The number of carbonyl (C=O) groups excluding carboxylic acids is 1. The second-order valence-corrected chi connectivity index (χ2v) is 4.94. The minimum Gasteiger partial charge on any atom is -0.486 e. The van der Waals surface area contributed by atoms with Crippen LogP contribution in [0.15, 0.2) is 30.3 Å². The van der Waals surface area contributed by atoms with Gasteiger partial charge in [0.15, 0.2) is 11.5 Å². The minimum absolute atomic E-state index is 0.108. The van der Waals surface area contributed by atoms with Crippen molar-refractivity contribution < 1.29 is 23.0 Å². The smallest absolute Gasteiger partial charge is 0.256 e. The molecule has 1 amide bonds. The first-order chi connectivity index (χ1) is 10.6. The van der Waals surface area contributed by atoms with Gasteiger partial charge in [0, 0.05) is 5.56 Å². The second-order valence-electron chi connectivity index (χ2n) is 4.53. The van der Waals surface area contributed by atoms with Crippen LogP contribution in [0.2, 0.25) is 5.02 Å². The highest BCUT2D eigenvalue weighted by atomic mass is 35.5. The number of hydrogen-bond acceptors (Lipinski definition) is 3. The lowest BCUT2D eigenvalue weighted by atomic mass is 10.1. The van der Waals surface area contributed by atoms with E-state index in [1.807, 2.05) is 0 Å². The summed E-state index contributed by atoms with van der Waals surface area (Å²) in [6.07, 6.45) is 0. The van der Waals surface area contributed by atoms with E-state index in [0.717, 1.165) is 12.1 Å². The number of para-hydroxylation sites is 1. The van der Waals surface area contributed by atoms with E-state index in [4.69, 9.17) is 21.1 Å². The second kappa shape index (κ2) is 5.81. The molecule has 114 valence electrons. The Bertz CT molecular complexity index is 732. The molecule has 7 heteroatoms. The molecule has 0 fully saturated rings. The summed E-state index contributed by atoms with van der Waals surface area (Å²) in [6.45, 7) is 0.690. The van der Waals surface area contributed by atoms with Crippen LogP contribution in [0.5, 0.6) is 11.5 Å². The van der Waals surface area contributed by atoms with Gasteiger partial charge in [0.1, 0.15) is 30.5 Å². The van der Waals surface area contributed by atoms with Gasteiger partial charge in [-0.2, -0.15) is 0 Å². The number of halogens is 3. The highest BCUT2D eigenvalue weighted by Gasteiger charge is 2.20. The molecule has 0 saturated heterocycles. The molecule has 1 heterocycles. The van der Waals surface area contributed by atoms with Crippen molar-refractivity contribution in [1.29, 1.82) is 0 Å². The van der Waals surface area contributed by atoms with Crippen molar-refractivity contribution in [3.63, 3.8) is 0 Å². The predicted octanol–water partition coefficient (Wildman–Crippen LogP) is 3.64. The molecule has 22 heavy (non-hydrogen) atoms. The lowest BCUT2D eigenvalue weighted by Gasteiger charge is -2.20. The molecule has 0 bridgehead atoms. The minimum atomic E-state index is -0.864. The predicted molar refractivity (Wildman–Crippen MR) is 76.8 cm³/mol. The van der Waals surface area contributed by atoms with E-state index in [1.54, 1.807) is 0 Å². The average molecular weight is 326 g/mol. The summed E-state index contributed by atoms with van der Waals surface area (Å²) in [7, 11) is 0. The summed E-state index contributed by atoms with van der Waals surface area (Å²) in [5.74, 6) is -1.77. The van der Waals surface area contributed by atoms with Crippen LogP contribution in [0.1, 0.15) is 10.4 Å². The van der Waals surface area contributed by atoms with Crippen molar-refractivity contribution in [3.05, 3.63) is 52.6 Å². The first kappa shape index (κ1) is 14.6. The van der Waals surface area contributed by atoms with Gasteiger partial charge in [-0.05, 0) is 24.3 Å². The van der Waals surface area contributed by atoms with E-state index in [-0.39, 0.29) is 10.6 Å². The SMILES string of the molecule is O=C(Nc1c(F)cccc1F)c1cc(Cl)c2c(c1)OCCO2. The van der Waals surface area contributed by atoms with Gasteiger partial charge in [-0.25, -0.2) is 8.78 Å². The highest BCUT2D eigenvalue weighted by molar-refractivity contribution is 6.32. The van der Waals surface area contributed by atoms with Gasteiger partial charge < -0.3 is 14.8 Å². The normalized spacial score (nSPS) is 12.9. The Morgan fingerprint density at radius 2 is 1.82 bits per heavy atom. The van der Waals surface area contributed by atoms with E-state index >= 15 is 0 Å². The Morgan fingerprint density at radius 3 is 2.55 bits per heavy atom. The topological polar surface area (TPSA) is 47.6 Å². The molecule has 4 nitrogen and oxygen atoms in total. The zero-order chi connectivity index (χ0) is 15.7. The van der Waals surface area contributed by atoms with Crippen LogP contribution in [0.4, 0.5) is 14.5 Å². The summed E-state index contributed by atoms with van der Waals surface area (Å²) in [6, 6.07) is 6.07. The lowest BCUT2D eigenvalue weighted by Crippen LogP contribution is -2.18. The van der Waals surface area contributed by atoms with Crippen molar-refractivity contribution in [2.45, 2.75) is 0 Å². The van der Waals surface area contributed by atoms with Gasteiger partial charge in [-0.15, -0.1) is 0 Å². The molecule has 0 atom stereocenters. The Balaban J connectivity index is 1.91. The molecule has 0 aromatic heterocycles. The third-order valence-electron chi connectivity index (χ3n) is 3.06. The maximum absolute atomic E-state index is 13.6. The van der Waals surface area contributed by atoms with Crippen LogP contribution >= 0.6 is 11.6 Å². The molecule has 1 aliphatic heterocycles. The number of hydrogen-bond donors (Lipinski definition) is 1. The fourth-order valence-corrected chi connectivity index (χ4v) is 2.31. The molecule has 0 radical (unpaired) electrons. The third kappa shape index (κ3) is 2.69. The standard InChI is InChI=1S/C15H10ClF2NO3/c16-9-6-8(7-12-14(9)22-5-4-21-12)15(20)19-13-10(17)2-1-3-11(13)18/h1-3,6-7H,4-5H2,(H,19,20). The monoisotopic (exact) mass is 325 g/mol. The fraction of sp³-hybridized carbons (Fsp3) is 0.133. The van der Waals surface area contributed by atoms with Crippen LogP contribution in [0.25, 0.3) is 0 Å². The molecule has 2 aromatic rings. The van der Waals surface area contributed by atoms with E-state index in [9.17, 15) is 13.6 Å². The van der Waals surface area contributed by atoms with Crippen molar-refractivity contribution in [3.8, 4) is 11.5 Å². The number of amides is 1. The first-order valence-corrected chi connectivity index (χ1v) is 6.78. The molecule has 0 unspecified atom stereocenters. The average Bonchev–Trinajstić information content (AvgIpc) is 2.51. The Kier molecular flexibility index (Phi) is 3.85. The van der Waals surface area contributed by atoms with E-state index in [2.05, 4.69) is 5.32 Å². The van der Waals surface area contributed by atoms with E-state index in [0.29, 0.717) is 24.7 Å². The van der Waals surface area contributed by atoms with Crippen molar-refractivity contribution >= 4 is 23.2 Å². The zero-order valence-corrected chi connectivity index (χ0v) is 11.9. The number of fused-ring (bicyclic) bond motifs is 1. The molecule has 2 aromatic carbocycles. The van der Waals surface area contributed by atoms with E-state index in [1.165, 1.54) is 18.2 Å². The van der Waals surface area contributed by atoms with Gasteiger partial charge >= 0.3 is 0 Å². The molecular weight excluding hydrogens is 316 g/mol. The van der Waals surface area contributed by atoms with Crippen LogP contribution in [0, 0.1) is 11.6 Å². The Hall–Kier alpha value is -2.34. The molecule has 1 N–H and O–H groups in total. The number of nitrogens with one attached hydrogen (secondary N) is 1. The van der Waals surface area contributed by atoms with Crippen molar-refractivity contribution in [2.24, 2.45) is 0 Å². The van der Waals surface area contributed by atoms with Gasteiger partial charge in [0.05, 0.1) is 5.02 Å². The molecular formula is C15H10ClF2NO3. The lowest BCUT2D eigenvalue weighted by molar-refractivity contribution is 0.102. The molecule has 0 aliphatic carbocycles. The number of anilines is 1. The first-order valence-electron chi connectivity index (χ1n) is 6.41. The van der Waals surface area contributed by atoms with Gasteiger partial charge in [0.2, 0.25) is 0 Å². The largest absolute Gasteiger partial charge is 0.486 e. The number of ether oxygens (including phenoxy) is 2. The summed E-state index contributed by atoms with van der Waals surface area (Å²) < 4.78 is 37.8. The molecule has 3 rings (SSSR count). The summed E-state index contributed by atoms with van der Waals surface area (Å²) >= 11 is 6.02. The Morgan fingerprint density at radius 1 is 1.14 bits per heavy atom. The van der Waals surface area contributed by atoms with Crippen molar-refractivity contribution in [2.75, 3.05) is 18.5 Å². The highest BCUT2D eigenvalue weighted by Crippen LogP contribution is 2.38. The van der Waals surface area contributed by atoms with Gasteiger partial charge in [-0.1, -0.05) is 17.7 Å². The van der Waals surface area contributed by atoms with Crippen LogP contribution in [0.3, 0.4) is 0 Å². The fourth-order valence-electron chi connectivity index (χ4n) is 2.04. The summed E-state index contributed by atoms with van der Waals surface area (Å²) in [5.41, 5.74) is -0.407. The molecule has 1 aliphatic rings. The maximum atomic E-state index is 13.6. The molecule has 0 saturated carbocycles. The Labute approximate surface area is 129 Å². The number of rotatable bonds is 2. The van der Waals surface area contributed by atoms with Crippen molar-refractivity contribution in [1.82, 2.24) is 0 Å². The third-order valence-corrected chi connectivity index (χ3v) is 3.34. The molecule has 0 spiro atoms. The van der Waals surface area contributed by atoms with Crippen LogP contribution in [-0.2, 0) is 0 Å². The quantitative estimate of drug-likeness (QED) is 0.917. The maximum Gasteiger partial charge on any atom is 0.256 e. The zero-order valence-electron chi connectivity index (χ0n) is 11.2. The van der Waals surface area contributed by atoms with Gasteiger partial charge in [-0.3, -0.25) is 4.79 Å². The summed E-state index contributed by atoms with van der Waals surface area (Å²) in [5, 5.41) is 2.38. The summed E-state index contributed by atoms with van der Waals surface area (Å²) in [4.78, 5) is 12.2. The van der Waals surface area contributed by atoms with Crippen LogP contribution < -0.4 is 14.8 Å². The van der Waals surface area contributed by atoms with Gasteiger partial charge in [0.25, 0.3) is 5.91 Å².